The SMILES string of the molecule is CCOc1ccccc1C1(CCN)CCC1. The summed E-state index contributed by atoms with van der Waals surface area (Å²) >= 11 is 0. The summed E-state index contributed by atoms with van der Waals surface area (Å²) < 4.78 is 5.72. The first-order valence-electron chi connectivity index (χ1n) is 6.25. The van der Waals surface area contributed by atoms with E-state index in [-0.39, 0.29) is 0 Å². The maximum absolute atomic E-state index is 5.74. The first-order chi connectivity index (χ1) is 7.82. The summed E-state index contributed by atoms with van der Waals surface area (Å²) in [6.07, 6.45) is 4.92. The topological polar surface area (TPSA) is 35.2 Å². The van der Waals surface area contributed by atoms with Crippen molar-refractivity contribution in [2.45, 2.75) is 38.0 Å². The van der Waals surface area contributed by atoms with Crippen LogP contribution in [0.5, 0.6) is 5.75 Å². The lowest BCUT2D eigenvalue weighted by atomic mass is 9.62. The minimum Gasteiger partial charge on any atom is -0.494 e. The van der Waals surface area contributed by atoms with Gasteiger partial charge in [-0.05, 0) is 38.8 Å². The fourth-order valence-electron chi connectivity index (χ4n) is 2.72. The van der Waals surface area contributed by atoms with Gasteiger partial charge in [0, 0.05) is 11.0 Å². The van der Waals surface area contributed by atoms with Crippen LogP contribution in [0.3, 0.4) is 0 Å². The summed E-state index contributed by atoms with van der Waals surface area (Å²) in [4.78, 5) is 0. The Morgan fingerprint density at radius 1 is 1.31 bits per heavy atom. The molecule has 2 N–H and O–H groups in total. The maximum Gasteiger partial charge on any atom is 0.123 e. The van der Waals surface area contributed by atoms with Gasteiger partial charge in [-0.25, -0.2) is 0 Å². The van der Waals surface area contributed by atoms with Crippen LogP contribution in [0.4, 0.5) is 0 Å². The summed E-state index contributed by atoms with van der Waals surface area (Å²) in [5.41, 5.74) is 7.42. The molecule has 2 rings (SSSR count). The third-order valence-corrected chi connectivity index (χ3v) is 3.69. The zero-order valence-electron chi connectivity index (χ0n) is 10.0. The zero-order chi connectivity index (χ0) is 11.4. The Balaban J connectivity index is 2.30. The van der Waals surface area contributed by atoms with E-state index in [4.69, 9.17) is 10.5 Å². The van der Waals surface area contributed by atoms with Crippen LogP contribution in [0, 0.1) is 0 Å². The molecule has 0 amide bonds. The Kier molecular flexibility index (Phi) is 3.49. The number of nitrogens with two attached hydrogens (primary N) is 1. The highest BCUT2D eigenvalue weighted by atomic mass is 16.5. The van der Waals surface area contributed by atoms with Crippen molar-refractivity contribution in [3.8, 4) is 5.75 Å². The molecule has 0 aliphatic heterocycles. The van der Waals surface area contributed by atoms with Gasteiger partial charge in [-0.1, -0.05) is 24.6 Å². The van der Waals surface area contributed by atoms with Crippen molar-refractivity contribution in [3.05, 3.63) is 29.8 Å². The standard InChI is InChI=1S/C14H21NO/c1-2-16-13-7-4-3-6-12(13)14(10-11-15)8-5-9-14/h3-4,6-7H,2,5,8-11,15H2,1H3. The summed E-state index contributed by atoms with van der Waals surface area (Å²) in [6.45, 7) is 3.53. The van der Waals surface area contributed by atoms with Crippen LogP contribution in [0.25, 0.3) is 0 Å². The van der Waals surface area contributed by atoms with Crippen LogP contribution in [0.15, 0.2) is 24.3 Å². The van der Waals surface area contributed by atoms with E-state index < -0.39 is 0 Å². The van der Waals surface area contributed by atoms with Crippen molar-refractivity contribution >= 4 is 0 Å². The molecule has 1 aliphatic carbocycles. The highest BCUT2D eigenvalue weighted by molar-refractivity contribution is 5.41. The number of benzene rings is 1. The fourth-order valence-corrected chi connectivity index (χ4v) is 2.72. The third kappa shape index (κ3) is 1.94. The van der Waals surface area contributed by atoms with Gasteiger partial charge in [0.15, 0.2) is 0 Å². The number of para-hydroxylation sites is 1. The van der Waals surface area contributed by atoms with E-state index >= 15 is 0 Å². The molecule has 0 radical (unpaired) electrons. The molecule has 0 saturated heterocycles. The maximum atomic E-state index is 5.74. The van der Waals surface area contributed by atoms with Gasteiger partial charge in [0.1, 0.15) is 5.75 Å². The molecular formula is C14H21NO. The van der Waals surface area contributed by atoms with Gasteiger partial charge in [-0.15, -0.1) is 0 Å². The molecule has 2 heteroatoms. The van der Waals surface area contributed by atoms with E-state index in [0.717, 1.165) is 25.3 Å². The van der Waals surface area contributed by atoms with Gasteiger partial charge in [0.25, 0.3) is 0 Å². The van der Waals surface area contributed by atoms with Crippen LogP contribution in [0.2, 0.25) is 0 Å². The summed E-state index contributed by atoms with van der Waals surface area (Å²) in [6, 6.07) is 8.44. The predicted molar refractivity (Wildman–Crippen MR) is 66.8 cm³/mol. The third-order valence-electron chi connectivity index (χ3n) is 3.69. The van der Waals surface area contributed by atoms with Gasteiger partial charge in [0.2, 0.25) is 0 Å². The molecule has 1 fully saturated rings. The molecule has 2 nitrogen and oxygen atoms in total. The summed E-state index contributed by atoms with van der Waals surface area (Å²) in [7, 11) is 0. The van der Waals surface area contributed by atoms with Crippen molar-refractivity contribution < 1.29 is 4.74 Å². The minimum absolute atomic E-state index is 0.306. The molecule has 1 aromatic rings. The highest BCUT2D eigenvalue weighted by Crippen LogP contribution is 2.49. The van der Waals surface area contributed by atoms with Gasteiger partial charge < -0.3 is 10.5 Å². The molecule has 0 spiro atoms. The molecule has 88 valence electrons. The van der Waals surface area contributed by atoms with E-state index in [1.165, 1.54) is 24.8 Å². The second-order valence-electron chi connectivity index (χ2n) is 4.60. The fraction of sp³-hybridized carbons (Fsp3) is 0.571. The minimum atomic E-state index is 0.306. The molecule has 1 aromatic carbocycles. The van der Waals surface area contributed by atoms with Crippen molar-refractivity contribution in [2.24, 2.45) is 5.73 Å². The smallest absolute Gasteiger partial charge is 0.123 e. The van der Waals surface area contributed by atoms with Crippen LogP contribution in [-0.4, -0.2) is 13.2 Å². The quantitative estimate of drug-likeness (QED) is 0.826. The van der Waals surface area contributed by atoms with E-state index in [0.29, 0.717) is 5.41 Å². The first-order valence-corrected chi connectivity index (χ1v) is 6.25. The molecule has 16 heavy (non-hydrogen) atoms. The van der Waals surface area contributed by atoms with Crippen molar-refractivity contribution in [1.82, 2.24) is 0 Å². The second-order valence-corrected chi connectivity index (χ2v) is 4.60. The van der Waals surface area contributed by atoms with Crippen molar-refractivity contribution in [2.75, 3.05) is 13.2 Å². The Hall–Kier alpha value is -1.02. The van der Waals surface area contributed by atoms with Crippen molar-refractivity contribution in [1.29, 1.82) is 0 Å². The van der Waals surface area contributed by atoms with E-state index in [1.54, 1.807) is 0 Å². The van der Waals surface area contributed by atoms with E-state index in [1.807, 2.05) is 13.0 Å². The van der Waals surface area contributed by atoms with E-state index in [2.05, 4.69) is 18.2 Å². The predicted octanol–water partition coefficient (Wildman–Crippen LogP) is 2.86. The highest BCUT2D eigenvalue weighted by Gasteiger charge is 2.39. The molecule has 0 bridgehead atoms. The summed E-state index contributed by atoms with van der Waals surface area (Å²) in [5, 5.41) is 0. The first kappa shape index (κ1) is 11.5. The van der Waals surface area contributed by atoms with Gasteiger partial charge in [-0.2, -0.15) is 0 Å². The molecule has 1 aliphatic rings. The van der Waals surface area contributed by atoms with E-state index in [9.17, 15) is 0 Å². The second kappa shape index (κ2) is 4.88. The number of rotatable bonds is 5. The van der Waals surface area contributed by atoms with Crippen LogP contribution in [0.1, 0.15) is 38.2 Å². The van der Waals surface area contributed by atoms with Crippen LogP contribution < -0.4 is 10.5 Å². The number of ether oxygens (including phenoxy) is 1. The average Bonchev–Trinajstić information content (AvgIpc) is 2.25. The van der Waals surface area contributed by atoms with Crippen LogP contribution >= 0.6 is 0 Å². The lowest BCUT2D eigenvalue weighted by Crippen LogP contribution is -2.36. The molecule has 0 aromatic heterocycles. The normalized spacial score (nSPS) is 17.9. The molecule has 1 saturated carbocycles. The Labute approximate surface area is 97.8 Å². The molecular weight excluding hydrogens is 198 g/mol. The lowest BCUT2D eigenvalue weighted by molar-refractivity contribution is 0.217. The van der Waals surface area contributed by atoms with Crippen molar-refractivity contribution in [3.63, 3.8) is 0 Å². The summed E-state index contributed by atoms with van der Waals surface area (Å²) in [5.74, 6) is 1.05. The van der Waals surface area contributed by atoms with Gasteiger partial charge >= 0.3 is 0 Å². The van der Waals surface area contributed by atoms with Gasteiger partial charge in [0.05, 0.1) is 6.61 Å². The Bertz CT molecular complexity index is 344. The molecule has 0 unspecified atom stereocenters. The zero-order valence-corrected chi connectivity index (χ0v) is 10.0. The average molecular weight is 219 g/mol. The monoisotopic (exact) mass is 219 g/mol. The largest absolute Gasteiger partial charge is 0.494 e. The molecule has 0 heterocycles. The Morgan fingerprint density at radius 3 is 2.62 bits per heavy atom. The lowest BCUT2D eigenvalue weighted by Gasteiger charge is -2.43. The number of hydrogen-bond acceptors (Lipinski definition) is 2. The van der Waals surface area contributed by atoms with Crippen LogP contribution in [-0.2, 0) is 5.41 Å². The Morgan fingerprint density at radius 2 is 2.06 bits per heavy atom. The van der Waals surface area contributed by atoms with Gasteiger partial charge in [-0.3, -0.25) is 0 Å². The number of hydrogen-bond donors (Lipinski definition) is 1. The molecule has 0 atom stereocenters.